The van der Waals surface area contributed by atoms with E-state index in [1.807, 2.05) is 47.4 Å². The number of amides is 3. The Morgan fingerprint density at radius 3 is 2.53 bits per heavy atom. The molecular weight excluding hydrogens is 476 g/mol. The number of carbonyl (C=O) groups excluding carboxylic acids is 3. The number of nitrogens with one attached hydrogen (secondary N) is 1. The second kappa shape index (κ2) is 10.9. The Bertz CT molecular complexity index is 1210. The average molecular weight is 515 g/mol. The molecule has 2 saturated heterocycles. The molecule has 0 aliphatic carbocycles. The van der Waals surface area contributed by atoms with Gasteiger partial charge in [-0.3, -0.25) is 19.3 Å². The van der Waals surface area contributed by atoms with Gasteiger partial charge in [0.25, 0.3) is 11.8 Å². The van der Waals surface area contributed by atoms with Crippen LogP contribution in [0.5, 0.6) is 0 Å². The number of piperidine rings is 2. The summed E-state index contributed by atoms with van der Waals surface area (Å²) in [6, 6.07) is 15.6. The van der Waals surface area contributed by atoms with E-state index in [-0.39, 0.29) is 17.7 Å². The van der Waals surface area contributed by atoms with E-state index in [0.29, 0.717) is 41.7 Å². The largest absolute Gasteiger partial charge is 0.356 e. The van der Waals surface area contributed by atoms with E-state index < -0.39 is 6.17 Å². The van der Waals surface area contributed by atoms with E-state index >= 15 is 0 Å². The highest BCUT2D eigenvalue weighted by Gasteiger charge is 2.47. The molecular formula is C31H38N4O3. The second-order valence-corrected chi connectivity index (χ2v) is 11.3. The molecule has 3 atom stereocenters. The predicted molar refractivity (Wildman–Crippen MR) is 147 cm³/mol. The van der Waals surface area contributed by atoms with E-state index in [9.17, 15) is 14.4 Å². The standard InChI is InChI=1S/C31H38N4O3/c36-28(32-21-22-11-10-19-33-18-9-7-15-26(22)33)17-2-1-8-20-34-29-23-12-3-4-13-24(23)31(38)35(29)27-16-6-5-14-25(27)30(34)37/h3-6,12-14,16,22,26,29H,1-2,7-11,15,17-21H2,(H,32,36)/t22-,26+,29?/m0/s1. The van der Waals surface area contributed by atoms with Gasteiger partial charge >= 0.3 is 0 Å². The molecule has 200 valence electrons. The van der Waals surface area contributed by atoms with Crippen molar-refractivity contribution in [2.24, 2.45) is 5.92 Å². The van der Waals surface area contributed by atoms with Crippen LogP contribution in [0.4, 0.5) is 5.69 Å². The Morgan fingerprint density at radius 1 is 0.842 bits per heavy atom. The first-order chi connectivity index (χ1) is 18.6. The van der Waals surface area contributed by atoms with Gasteiger partial charge in [-0.25, -0.2) is 0 Å². The van der Waals surface area contributed by atoms with Gasteiger partial charge < -0.3 is 15.1 Å². The maximum Gasteiger partial charge on any atom is 0.260 e. The average Bonchev–Trinajstić information content (AvgIpc) is 3.25. The van der Waals surface area contributed by atoms with Crippen molar-refractivity contribution in [3.8, 4) is 0 Å². The van der Waals surface area contributed by atoms with E-state index in [1.165, 1.54) is 45.2 Å². The number of para-hydroxylation sites is 1. The summed E-state index contributed by atoms with van der Waals surface area (Å²) in [5, 5.41) is 3.22. The van der Waals surface area contributed by atoms with Crippen LogP contribution in [0.25, 0.3) is 0 Å². The third-order valence-corrected chi connectivity index (χ3v) is 8.98. The van der Waals surface area contributed by atoms with Gasteiger partial charge in [0.1, 0.15) is 6.17 Å². The zero-order valence-corrected chi connectivity index (χ0v) is 22.1. The molecule has 0 saturated carbocycles. The molecule has 2 aromatic rings. The molecule has 4 aliphatic heterocycles. The minimum Gasteiger partial charge on any atom is -0.356 e. The van der Waals surface area contributed by atoms with Crippen LogP contribution in [0.15, 0.2) is 48.5 Å². The van der Waals surface area contributed by atoms with Gasteiger partial charge in [-0.2, -0.15) is 0 Å². The summed E-state index contributed by atoms with van der Waals surface area (Å²) in [6.07, 6.45) is 8.94. The Morgan fingerprint density at radius 2 is 1.63 bits per heavy atom. The zero-order valence-electron chi connectivity index (χ0n) is 22.1. The molecule has 38 heavy (non-hydrogen) atoms. The minimum absolute atomic E-state index is 0.0339. The van der Waals surface area contributed by atoms with Crippen molar-refractivity contribution in [3.63, 3.8) is 0 Å². The number of nitrogens with zero attached hydrogens (tertiary/aromatic N) is 3. The first kappa shape index (κ1) is 25.1. The van der Waals surface area contributed by atoms with Gasteiger partial charge in [-0.05, 0) is 75.7 Å². The maximum atomic E-state index is 13.5. The van der Waals surface area contributed by atoms with Crippen molar-refractivity contribution >= 4 is 23.4 Å². The van der Waals surface area contributed by atoms with Gasteiger partial charge in [-0.15, -0.1) is 0 Å². The SMILES string of the molecule is O=C(CCCCCN1C(=O)c2ccccc2N2C(=O)c3ccccc3C12)NC[C@@H]1CCCN2CCCC[C@H]12. The van der Waals surface area contributed by atoms with Crippen LogP contribution in [0, 0.1) is 5.92 Å². The first-order valence-electron chi connectivity index (χ1n) is 14.5. The fraction of sp³-hybridized carbons (Fsp3) is 0.516. The van der Waals surface area contributed by atoms with Gasteiger partial charge in [-0.1, -0.05) is 43.2 Å². The maximum absolute atomic E-state index is 13.5. The van der Waals surface area contributed by atoms with Crippen LogP contribution in [0.1, 0.15) is 90.2 Å². The lowest BCUT2D eigenvalue weighted by Crippen LogP contribution is -2.50. The van der Waals surface area contributed by atoms with Crippen molar-refractivity contribution in [2.45, 2.75) is 70.0 Å². The lowest BCUT2D eigenvalue weighted by atomic mass is 9.83. The Kier molecular flexibility index (Phi) is 7.20. The quantitative estimate of drug-likeness (QED) is 0.517. The van der Waals surface area contributed by atoms with E-state index in [2.05, 4.69) is 10.2 Å². The smallest absolute Gasteiger partial charge is 0.260 e. The molecule has 4 aliphatic rings. The summed E-state index contributed by atoms with van der Waals surface area (Å²) in [6.45, 7) is 3.79. The van der Waals surface area contributed by atoms with E-state index in [4.69, 9.17) is 0 Å². The number of benzene rings is 2. The fourth-order valence-corrected chi connectivity index (χ4v) is 7.09. The van der Waals surface area contributed by atoms with Crippen LogP contribution in [-0.2, 0) is 4.79 Å². The van der Waals surface area contributed by atoms with Crippen LogP contribution in [0.3, 0.4) is 0 Å². The van der Waals surface area contributed by atoms with Crippen LogP contribution in [-0.4, -0.2) is 59.7 Å². The molecule has 4 heterocycles. The lowest BCUT2D eigenvalue weighted by molar-refractivity contribution is -0.121. The highest BCUT2D eigenvalue weighted by molar-refractivity contribution is 6.16. The molecule has 7 nitrogen and oxygen atoms in total. The fourth-order valence-electron chi connectivity index (χ4n) is 7.09. The molecule has 2 aromatic carbocycles. The highest BCUT2D eigenvalue weighted by Crippen LogP contribution is 2.45. The molecule has 1 unspecified atom stereocenters. The highest BCUT2D eigenvalue weighted by atomic mass is 16.2. The van der Waals surface area contributed by atoms with Gasteiger partial charge in [0.05, 0.1) is 11.3 Å². The van der Waals surface area contributed by atoms with Crippen molar-refractivity contribution in [2.75, 3.05) is 31.1 Å². The number of hydrogen-bond acceptors (Lipinski definition) is 4. The molecule has 0 radical (unpaired) electrons. The third-order valence-electron chi connectivity index (χ3n) is 8.98. The lowest BCUT2D eigenvalue weighted by Gasteiger charge is -2.44. The summed E-state index contributed by atoms with van der Waals surface area (Å²) in [7, 11) is 0. The number of carbonyl (C=O) groups is 3. The number of unbranched alkanes of at least 4 members (excludes halogenated alkanes) is 2. The topological polar surface area (TPSA) is 73.0 Å². The number of anilines is 1. The Balaban J connectivity index is 1.02. The summed E-state index contributed by atoms with van der Waals surface area (Å²) in [4.78, 5) is 45.6. The Labute approximate surface area is 225 Å². The van der Waals surface area contributed by atoms with Crippen LogP contribution >= 0.6 is 0 Å². The van der Waals surface area contributed by atoms with Gasteiger partial charge in [0, 0.05) is 36.7 Å². The van der Waals surface area contributed by atoms with Gasteiger partial charge in [0.2, 0.25) is 5.91 Å². The summed E-state index contributed by atoms with van der Waals surface area (Å²) in [5.41, 5.74) is 2.81. The summed E-state index contributed by atoms with van der Waals surface area (Å²) < 4.78 is 0. The predicted octanol–water partition coefficient (Wildman–Crippen LogP) is 4.74. The zero-order chi connectivity index (χ0) is 26.1. The van der Waals surface area contributed by atoms with Crippen molar-refractivity contribution in [3.05, 3.63) is 65.2 Å². The molecule has 6 rings (SSSR count). The summed E-state index contributed by atoms with van der Waals surface area (Å²) in [5.74, 6) is 0.637. The first-order valence-corrected chi connectivity index (χ1v) is 14.5. The number of hydrogen-bond donors (Lipinski definition) is 1. The van der Waals surface area contributed by atoms with Crippen molar-refractivity contribution < 1.29 is 14.4 Å². The third kappa shape index (κ3) is 4.62. The van der Waals surface area contributed by atoms with Crippen molar-refractivity contribution in [1.29, 1.82) is 0 Å². The van der Waals surface area contributed by atoms with Crippen LogP contribution in [0.2, 0.25) is 0 Å². The Hall–Kier alpha value is -3.19. The summed E-state index contributed by atoms with van der Waals surface area (Å²) >= 11 is 0. The molecule has 3 amide bonds. The van der Waals surface area contributed by atoms with Gasteiger partial charge in [0.15, 0.2) is 0 Å². The van der Waals surface area contributed by atoms with Crippen molar-refractivity contribution in [1.82, 2.24) is 15.1 Å². The monoisotopic (exact) mass is 514 g/mol. The number of rotatable bonds is 8. The van der Waals surface area contributed by atoms with E-state index in [0.717, 1.165) is 31.4 Å². The molecule has 1 N–H and O–H groups in total. The normalized spacial score (nSPS) is 24.5. The molecule has 0 spiro atoms. The second-order valence-electron chi connectivity index (χ2n) is 11.3. The van der Waals surface area contributed by atoms with Crippen LogP contribution < -0.4 is 10.2 Å². The minimum atomic E-state index is -0.403. The van der Waals surface area contributed by atoms with E-state index in [1.54, 1.807) is 11.0 Å². The number of fused-ring (bicyclic) bond motifs is 6. The molecule has 0 bridgehead atoms. The molecule has 7 heteroatoms. The molecule has 2 fully saturated rings. The molecule has 0 aromatic heterocycles.